The molecule has 0 bridgehead atoms. The zero-order valence-electron chi connectivity index (χ0n) is 9.61. The van der Waals surface area contributed by atoms with Gasteiger partial charge in [0.2, 0.25) is 0 Å². The van der Waals surface area contributed by atoms with E-state index in [1.165, 1.54) is 7.11 Å². The first-order valence-electron chi connectivity index (χ1n) is 5.26. The van der Waals surface area contributed by atoms with E-state index >= 15 is 0 Å². The maximum Gasteiger partial charge on any atom is 0.194 e. The summed E-state index contributed by atoms with van der Waals surface area (Å²) in [6.45, 7) is 0. The first kappa shape index (κ1) is 13.1. The third-order valence-corrected chi connectivity index (χ3v) is 3.52. The minimum absolute atomic E-state index is 0.0768. The summed E-state index contributed by atoms with van der Waals surface area (Å²) in [4.78, 5) is 12.3. The molecule has 0 fully saturated rings. The highest BCUT2D eigenvalue weighted by Crippen LogP contribution is 2.27. The molecule has 0 N–H and O–H groups in total. The van der Waals surface area contributed by atoms with Gasteiger partial charge in [0.15, 0.2) is 5.78 Å². The summed E-state index contributed by atoms with van der Waals surface area (Å²) < 4.78 is 5.82. The van der Waals surface area contributed by atoms with Crippen LogP contribution in [0, 0.1) is 0 Å². The summed E-state index contributed by atoms with van der Waals surface area (Å²) in [6.07, 6.45) is 0. The first-order chi connectivity index (χ1) is 8.63. The van der Waals surface area contributed by atoms with Gasteiger partial charge in [-0.15, -0.1) is 0 Å². The molecule has 0 aliphatic carbocycles. The fourth-order valence-corrected chi connectivity index (χ4v) is 2.33. The molecule has 2 nitrogen and oxygen atoms in total. The van der Waals surface area contributed by atoms with Gasteiger partial charge in [0.1, 0.15) is 5.75 Å². The van der Waals surface area contributed by atoms with Crippen molar-refractivity contribution in [2.75, 3.05) is 7.11 Å². The van der Waals surface area contributed by atoms with Crippen molar-refractivity contribution in [3.63, 3.8) is 0 Å². The molecule has 2 rings (SSSR count). The Hall–Kier alpha value is -1.32. The van der Waals surface area contributed by atoms with Crippen molar-refractivity contribution in [2.45, 2.75) is 0 Å². The van der Waals surface area contributed by atoms with E-state index in [1.807, 2.05) is 18.2 Å². The SMILES string of the molecule is COc1ccc(C(=O)c2ccccc2Br)cc1Cl. The second-order valence-corrected chi connectivity index (χ2v) is 4.92. The highest BCUT2D eigenvalue weighted by molar-refractivity contribution is 9.10. The van der Waals surface area contributed by atoms with Crippen LogP contribution in [0.3, 0.4) is 0 Å². The predicted octanol–water partition coefficient (Wildman–Crippen LogP) is 4.34. The molecule has 0 aliphatic heterocycles. The zero-order chi connectivity index (χ0) is 13.1. The number of rotatable bonds is 3. The Morgan fingerprint density at radius 1 is 1.22 bits per heavy atom. The zero-order valence-corrected chi connectivity index (χ0v) is 12.0. The molecule has 0 unspecified atom stereocenters. The topological polar surface area (TPSA) is 26.3 Å². The van der Waals surface area contributed by atoms with Gasteiger partial charge in [-0.25, -0.2) is 0 Å². The van der Waals surface area contributed by atoms with Gasteiger partial charge >= 0.3 is 0 Å². The fourth-order valence-electron chi connectivity index (χ4n) is 1.61. The predicted molar refractivity (Wildman–Crippen MR) is 75.6 cm³/mol. The average molecular weight is 326 g/mol. The maximum absolute atomic E-state index is 12.3. The Morgan fingerprint density at radius 2 is 1.94 bits per heavy atom. The van der Waals surface area contributed by atoms with E-state index < -0.39 is 0 Å². The van der Waals surface area contributed by atoms with Crippen molar-refractivity contribution in [2.24, 2.45) is 0 Å². The number of carbonyl (C=O) groups excluding carboxylic acids is 1. The van der Waals surface area contributed by atoms with Crippen LogP contribution in [0.1, 0.15) is 15.9 Å². The van der Waals surface area contributed by atoms with Gasteiger partial charge in [-0.3, -0.25) is 4.79 Å². The van der Waals surface area contributed by atoms with Crippen molar-refractivity contribution in [1.82, 2.24) is 0 Å². The van der Waals surface area contributed by atoms with Crippen molar-refractivity contribution in [1.29, 1.82) is 0 Å². The monoisotopic (exact) mass is 324 g/mol. The quantitative estimate of drug-likeness (QED) is 0.785. The molecule has 4 heteroatoms. The van der Waals surface area contributed by atoms with Crippen LogP contribution in [-0.4, -0.2) is 12.9 Å². The molecule has 18 heavy (non-hydrogen) atoms. The Kier molecular flexibility index (Phi) is 4.04. The van der Waals surface area contributed by atoms with E-state index in [4.69, 9.17) is 16.3 Å². The van der Waals surface area contributed by atoms with Crippen LogP contribution in [-0.2, 0) is 0 Å². The maximum atomic E-state index is 12.3. The van der Waals surface area contributed by atoms with Gasteiger partial charge in [0.05, 0.1) is 12.1 Å². The lowest BCUT2D eigenvalue weighted by Crippen LogP contribution is -2.02. The summed E-state index contributed by atoms with van der Waals surface area (Å²) in [5.74, 6) is 0.479. The Morgan fingerprint density at radius 3 is 2.56 bits per heavy atom. The molecule has 0 saturated carbocycles. The molecule has 0 amide bonds. The molecule has 0 aliphatic rings. The summed E-state index contributed by atoms with van der Waals surface area (Å²) in [6, 6.07) is 12.3. The average Bonchev–Trinajstić information content (AvgIpc) is 2.38. The molecule has 2 aromatic carbocycles. The van der Waals surface area contributed by atoms with Crippen molar-refractivity contribution in [3.05, 3.63) is 63.1 Å². The lowest BCUT2D eigenvalue weighted by Gasteiger charge is -2.06. The van der Waals surface area contributed by atoms with Crippen molar-refractivity contribution in [3.8, 4) is 5.75 Å². The van der Waals surface area contributed by atoms with Crippen LogP contribution >= 0.6 is 27.5 Å². The minimum atomic E-state index is -0.0768. The second kappa shape index (κ2) is 5.55. The van der Waals surface area contributed by atoms with E-state index in [2.05, 4.69) is 15.9 Å². The molecule has 0 heterocycles. The third-order valence-electron chi connectivity index (χ3n) is 2.53. The van der Waals surface area contributed by atoms with Crippen LogP contribution in [0.4, 0.5) is 0 Å². The van der Waals surface area contributed by atoms with E-state index in [9.17, 15) is 4.79 Å². The molecular weight excluding hydrogens is 316 g/mol. The summed E-state index contributed by atoms with van der Waals surface area (Å²) >= 11 is 9.37. The number of carbonyl (C=O) groups is 1. The Labute approximate surface area is 119 Å². The third kappa shape index (κ3) is 2.57. The van der Waals surface area contributed by atoms with Gasteiger partial charge in [0.25, 0.3) is 0 Å². The largest absolute Gasteiger partial charge is 0.495 e. The van der Waals surface area contributed by atoms with Crippen LogP contribution in [0.2, 0.25) is 5.02 Å². The number of halogens is 2. The molecule has 92 valence electrons. The van der Waals surface area contributed by atoms with Crippen molar-refractivity contribution >= 4 is 33.3 Å². The van der Waals surface area contributed by atoms with Crippen LogP contribution in [0.25, 0.3) is 0 Å². The Bertz CT molecular complexity index is 596. The molecule has 0 atom stereocenters. The molecule has 0 saturated heterocycles. The van der Waals surface area contributed by atoms with Crippen molar-refractivity contribution < 1.29 is 9.53 Å². The number of benzene rings is 2. The fraction of sp³-hybridized carbons (Fsp3) is 0.0714. The molecule has 0 radical (unpaired) electrons. The van der Waals surface area contributed by atoms with Gasteiger partial charge in [-0.2, -0.15) is 0 Å². The lowest BCUT2D eigenvalue weighted by molar-refractivity contribution is 0.103. The standard InChI is InChI=1S/C14H10BrClO2/c1-18-13-7-6-9(8-12(13)16)14(17)10-4-2-3-5-11(10)15/h2-8H,1H3. The molecule has 0 spiro atoms. The molecular formula is C14H10BrClO2. The number of ether oxygens (including phenoxy) is 1. The van der Waals surface area contributed by atoms with Gasteiger partial charge in [0, 0.05) is 15.6 Å². The summed E-state index contributed by atoms with van der Waals surface area (Å²) in [5.41, 5.74) is 1.14. The summed E-state index contributed by atoms with van der Waals surface area (Å²) in [7, 11) is 1.54. The van der Waals surface area contributed by atoms with Crippen LogP contribution in [0.5, 0.6) is 5.75 Å². The number of methoxy groups -OCH3 is 1. The van der Waals surface area contributed by atoms with E-state index in [1.54, 1.807) is 24.3 Å². The lowest BCUT2D eigenvalue weighted by atomic mass is 10.0. The Balaban J connectivity index is 2.41. The van der Waals surface area contributed by atoms with Crippen LogP contribution in [0.15, 0.2) is 46.9 Å². The van der Waals surface area contributed by atoms with Gasteiger partial charge in [-0.05, 0) is 30.3 Å². The van der Waals surface area contributed by atoms with Gasteiger partial charge < -0.3 is 4.74 Å². The van der Waals surface area contributed by atoms with E-state index in [-0.39, 0.29) is 5.78 Å². The van der Waals surface area contributed by atoms with Crippen LogP contribution < -0.4 is 4.74 Å². The van der Waals surface area contributed by atoms with E-state index in [0.717, 1.165) is 4.47 Å². The highest BCUT2D eigenvalue weighted by atomic mass is 79.9. The van der Waals surface area contributed by atoms with E-state index in [0.29, 0.717) is 21.9 Å². The highest BCUT2D eigenvalue weighted by Gasteiger charge is 2.13. The minimum Gasteiger partial charge on any atom is -0.495 e. The molecule has 0 aromatic heterocycles. The number of hydrogen-bond donors (Lipinski definition) is 0. The smallest absolute Gasteiger partial charge is 0.194 e. The summed E-state index contributed by atoms with van der Waals surface area (Å²) in [5, 5.41) is 0.426. The number of ketones is 1. The first-order valence-corrected chi connectivity index (χ1v) is 6.43. The number of hydrogen-bond acceptors (Lipinski definition) is 2. The molecule has 2 aromatic rings. The van der Waals surface area contributed by atoms with Gasteiger partial charge in [-0.1, -0.05) is 39.7 Å². The normalized spacial score (nSPS) is 10.2. The second-order valence-electron chi connectivity index (χ2n) is 3.66.